The van der Waals surface area contributed by atoms with Gasteiger partial charge >= 0.3 is 0 Å². The van der Waals surface area contributed by atoms with E-state index < -0.39 is 5.79 Å². The molecule has 1 saturated carbocycles. The number of fused-ring (bicyclic) bond motifs is 3. The lowest BCUT2D eigenvalue weighted by Gasteiger charge is -2.51. The van der Waals surface area contributed by atoms with Gasteiger partial charge in [-0.05, 0) is 55.2 Å². The molecule has 2 aromatic rings. The number of nitrogens with zero attached hydrogens (tertiary/aromatic N) is 2. The molecule has 1 aromatic heterocycles. The molecule has 2 unspecified atom stereocenters. The van der Waals surface area contributed by atoms with Crippen LogP contribution in [0.2, 0.25) is 0 Å². The van der Waals surface area contributed by atoms with Crippen LogP contribution in [0.3, 0.4) is 0 Å². The molecule has 150 valence electrons. The Morgan fingerprint density at radius 2 is 1.86 bits per heavy atom. The molecule has 29 heavy (non-hydrogen) atoms. The van der Waals surface area contributed by atoms with E-state index in [0.29, 0.717) is 0 Å². The number of benzene rings is 1. The molecular weight excluding hydrogens is 367 g/mol. The average molecular weight is 392 g/mol. The van der Waals surface area contributed by atoms with Crippen LogP contribution >= 0.6 is 0 Å². The Bertz CT molecular complexity index is 990. The van der Waals surface area contributed by atoms with Gasteiger partial charge in [0, 0.05) is 11.8 Å². The number of rotatable bonds is 3. The first-order chi connectivity index (χ1) is 14.0. The molecule has 2 heterocycles. The van der Waals surface area contributed by atoms with Gasteiger partial charge in [-0.2, -0.15) is 5.10 Å². The van der Waals surface area contributed by atoms with E-state index in [-0.39, 0.29) is 23.4 Å². The van der Waals surface area contributed by atoms with E-state index in [1.807, 2.05) is 23.0 Å². The number of ether oxygens (including phenoxy) is 2. The van der Waals surface area contributed by atoms with E-state index in [2.05, 4.69) is 31.3 Å². The van der Waals surface area contributed by atoms with Crippen LogP contribution in [0, 0.1) is 11.2 Å². The average Bonchev–Trinajstić information content (AvgIpc) is 3.29. The molecule has 5 rings (SSSR count). The van der Waals surface area contributed by atoms with Crippen molar-refractivity contribution in [1.82, 2.24) is 9.78 Å². The minimum Gasteiger partial charge on any atom is -0.339 e. The molecular formula is C24H25FN2O2. The maximum atomic E-state index is 13.3. The fourth-order valence-electron chi connectivity index (χ4n) is 5.15. The Morgan fingerprint density at radius 3 is 2.52 bits per heavy atom. The molecule has 2 aliphatic carbocycles. The minimum absolute atomic E-state index is 0.188. The lowest BCUT2D eigenvalue weighted by molar-refractivity contribution is -0.243. The van der Waals surface area contributed by atoms with Crippen molar-refractivity contribution in [2.75, 3.05) is 0 Å². The smallest absolute Gasteiger partial charge is 0.179 e. The molecule has 0 radical (unpaired) electrons. The van der Waals surface area contributed by atoms with Gasteiger partial charge in [0.15, 0.2) is 5.79 Å². The van der Waals surface area contributed by atoms with Crippen molar-refractivity contribution in [2.24, 2.45) is 5.41 Å². The molecule has 5 heteroatoms. The molecule has 4 atom stereocenters. The maximum Gasteiger partial charge on any atom is 0.179 e. The first-order valence-corrected chi connectivity index (χ1v) is 10.1. The molecule has 0 amide bonds. The van der Waals surface area contributed by atoms with Crippen LogP contribution in [0.25, 0.3) is 11.8 Å². The number of hydrogen-bond acceptors (Lipinski definition) is 3. The third kappa shape index (κ3) is 2.61. The first-order valence-electron chi connectivity index (χ1n) is 10.1. The standard InChI is InChI=1S/C24H25FN2O2/c1-4-21-22(5-2)29-24(28-21)12-6-7-17-13-20-16(14-23(17,24)3)15-26-27(20)19-10-8-18(25)9-11-19/h4-5,8-11,13,15,21-22H,1-2,6-7,12,14H2,3H3/t21-,22+,23?,24?. The Morgan fingerprint density at radius 1 is 1.17 bits per heavy atom. The number of hydrogen-bond donors (Lipinski definition) is 0. The van der Waals surface area contributed by atoms with Crippen LogP contribution < -0.4 is 0 Å². The summed E-state index contributed by atoms with van der Waals surface area (Å²) in [6, 6.07) is 6.43. The largest absolute Gasteiger partial charge is 0.339 e. The Hall–Kier alpha value is -2.50. The predicted molar refractivity (Wildman–Crippen MR) is 110 cm³/mol. The van der Waals surface area contributed by atoms with Crippen molar-refractivity contribution < 1.29 is 13.9 Å². The SMILES string of the molecule is C=C[C@@H]1OC2(CCCC3=Cc4c(cnn4-c4ccc(F)cc4)CC32C)O[C@@H]1C=C. The normalized spacial score (nSPS) is 33.1. The van der Waals surface area contributed by atoms with Gasteiger partial charge in [-0.25, -0.2) is 9.07 Å². The predicted octanol–water partition coefficient (Wildman–Crippen LogP) is 4.99. The van der Waals surface area contributed by atoms with Crippen molar-refractivity contribution in [1.29, 1.82) is 0 Å². The Balaban J connectivity index is 1.57. The summed E-state index contributed by atoms with van der Waals surface area (Å²) < 4.78 is 28.3. The second-order valence-electron chi connectivity index (χ2n) is 8.36. The van der Waals surface area contributed by atoms with Crippen LogP contribution in [-0.4, -0.2) is 27.8 Å². The van der Waals surface area contributed by atoms with E-state index in [9.17, 15) is 4.39 Å². The highest BCUT2D eigenvalue weighted by molar-refractivity contribution is 5.62. The Kier molecular flexibility index (Phi) is 4.16. The summed E-state index contributed by atoms with van der Waals surface area (Å²) in [7, 11) is 0. The quantitative estimate of drug-likeness (QED) is 0.690. The van der Waals surface area contributed by atoms with Crippen LogP contribution in [0.15, 0.2) is 61.3 Å². The van der Waals surface area contributed by atoms with Crippen molar-refractivity contribution in [2.45, 2.75) is 50.6 Å². The summed E-state index contributed by atoms with van der Waals surface area (Å²) in [4.78, 5) is 0. The zero-order valence-electron chi connectivity index (χ0n) is 16.6. The van der Waals surface area contributed by atoms with Crippen molar-refractivity contribution in [3.8, 4) is 5.69 Å². The van der Waals surface area contributed by atoms with Gasteiger partial charge in [0.2, 0.25) is 0 Å². The number of halogens is 1. The van der Waals surface area contributed by atoms with Gasteiger partial charge in [-0.1, -0.05) is 24.6 Å². The van der Waals surface area contributed by atoms with E-state index in [4.69, 9.17) is 9.47 Å². The van der Waals surface area contributed by atoms with Gasteiger partial charge in [0.25, 0.3) is 0 Å². The summed E-state index contributed by atoms with van der Waals surface area (Å²) in [6.07, 6.45) is 11.0. The third-order valence-corrected chi connectivity index (χ3v) is 6.76. The topological polar surface area (TPSA) is 36.3 Å². The fraction of sp³-hybridized carbons (Fsp3) is 0.375. The van der Waals surface area contributed by atoms with Crippen LogP contribution in [-0.2, 0) is 15.9 Å². The van der Waals surface area contributed by atoms with Crippen molar-refractivity contribution in [3.05, 3.63) is 78.4 Å². The molecule has 2 fully saturated rings. The molecule has 1 saturated heterocycles. The van der Waals surface area contributed by atoms with Gasteiger partial charge in [0.1, 0.15) is 18.0 Å². The minimum atomic E-state index is -0.690. The molecule has 1 spiro atoms. The zero-order valence-corrected chi connectivity index (χ0v) is 16.6. The number of aromatic nitrogens is 2. The summed E-state index contributed by atoms with van der Waals surface area (Å²) in [5.41, 5.74) is 4.08. The van der Waals surface area contributed by atoms with Crippen molar-refractivity contribution >= 4 is 6.08 Å². The van der Waals surface area contributed by atoms with Gasteiger partial charge in [-0.3, -0.25) is 0 Å². The van der Waals surface area contributed by atoms with E-state index in [1.54, 1.807) is 12.1 Å². The lowest BCUT2D eigenvalue weighted by Crippen LogP contribution is -2.53. The first kappa shape index (κ1) is 18.5. The highest BCUT2D eigenvalue weighted by atomic mass is 19.1. The fourth-order valence-corrected chi connectivity index (χ4v) is 5.15. The molecule has 1 aromatic carbocycles. The summed E-state index contributed by atoms with van der Waals surface area (Å²) in [6.45, 7) is 10.1. The van der Waals surface area contributed by atoms with Crippen molar-refractivity contribution in [3.63, 3.8) is 0 Å². The van der Waals surface area contributed by atoms with Crippen LogP contribution in [0.5, 0.6) is 0 Å². The zero-order chi connectivity index (χ0) is 20.2. The van der Waals surface area contributed by atoms with Gasteiger partial charge in [-0.15, -0.1) is 13.2 Å². The van der Waals surface area contributed by atoms with Crippen LogP contribution in [0.1, 0.15) is 37.4 Å². The third-order valence-electron chi connectivity index (χ3n) is 6.76. The highest BCUT2D eigenvalue weighted by Crippen LogP contribution is 2.58. The van der Waals surface area contributed by atoms with Gasteiger partial charge < -0.3 is 9.47 Å². The van der Waals surface area contributed by atoms with E-state index in [0.717, 1.165) is 42.6 Å². The summed E-state index contributed by atoms with van der Waals surface area (Å²) in [5, 5.41) is 4.60. The summed E-state index contributed by atoms with van der Waals surface area (Å²) >= 11 is 0. The maximum absolute atomic E-state index is 13.3. The second kappa shape index (κ2) is 6.51. The van der Waals surface area contributed by atoms with E-state index >= 15 is 0 Å². The summed E-state index contributed by atoms with van der Waals surface area (Å²) in [5.74, 6) is -0.941. The monoisotopic (exact) mass is 392 g/mol. The molecule has 0 N–H and O–H groups in total. The molecule has 1 aliphatic heterocycles. The lowest BCUT2D eigenvalue weighted by atomic mass is 9.62. The molecule has 0 bridgehead atoms. The Labute approximate surface area is 170 Å². The van der Waals surface area contributed by atoms with E-state index in [1.165, 1.54) is 17.7 Å². The molecule has 4 nitrogen and oxygen atoms in total. The van der Waals surface area contributed by atoms with Gasteiger partial charge in [0.05, 0.1) is 17.6 Å². The molecule has 3 aliphatic rings. The van der Waals surface area contributed by atoms with Crippen LogP contribution in [0.4, 0.5) is 4.39 Å². The second-order valence-corrected chi connectivity index (χ2v) is 8.36. The highest BCUT2D eigenvalue weighted by Gasteiger charge is 2.61.